The van der Waals surface area contributed by atoms with Gasteiger partial charge in [0.25, 0.3) is 0 Å². The van der Waals surface area contributed by atoms with E-state index in [0.29, 0.717) is 23.8 Å². The van der Waals surface area contributed by atoms with Gasteiger partial charge in [-0.2, -0.15) is 0 Å². The predicted octanol–water partition coefficient (Wildman–Crippen LogP) is 2.71. The van der Waals surface area contributed by atoms with Gasteiger partial charge in [0.15, 0.2) is 17.3 Å². The molecule has 0 bridgehead atoms. The van der Waals surface area contributed by atoms with Crippen molar-refractivity contribution < 1.29 is 9.21 Å². The van der Waals surface area contributed by atoms with Crippen LogP contribution in [0.2, 0.25) is 0 Å². The molecule has 0 aliphatic carbocycles. The third-order valence-corrected chi connectivity index (χ3v) is 3.69. The van der Waals surface area contributed by atoms with Gasteiger partial charge in [-0.05, 0) is 50.0 Å². The summed E-state index contributed by atoms with van der Waals surface area (Å²) in [7, 11) is 0. The number of Topliss-reactive ketones (excluding diaryl/α,β-unsaturated/α-hetero) is 1. The zero-order valence-corrected chi connectivity index (χ0v) is 11.1. The molecule has 1 atom stereocenters. The van der Waals surface area contributed by atoms with Crippen LogP contribution in [-0.2, 0) is 0 Å². The van der Waals surface area contributed by atoms with Crippen LogP contribution in [0.3, 0.4) is 0 Å². The fourth-order valence-corrected chi connectivity index (χ4v) is 2.69. The fraction of sp³-hybridized carbons (Fsp3) is 0.467. The van der Waals surface area contributed by atoms with E-state index in [4.69, 9.17) is 4.42 Å². The lowest BCUT2D eigenvalue weighted by Gasteiger charge is -2.21. The van der Waals surface area contributed by atoms with Crippen molar-refractivity contribution in [3.63, 3.8) is 0 Å². The number of carbonyl (C=O) groups excluding carboxylic acids is 1. The van der Waals surface area contributed by atoms with Gasteiger partial charge in [0, 0.05) is 18.9 Å². The number of benzene rings is 1. The molecular formula is C15H18N2O2. The number of oxazole rings is 1. The monoisotopic (exact) mass is 258 g/mol. The summed E-state index contributed by atoms with van der Waals surface area (Å²) in [5.74, 6) is 1.30. The molecule has 0 radical (unpaired) electrons. The van der Waals surface area contributed by atoms with Crippen molar-refractivity contribution in [2.24, 2.45) is 5.92 Å². The number of hydrogen-bond acceptors (Lipinski definition) is 4. The van der Waals surface area contributed by atoms with Gasteiger partial charge in [-0.15, -0.1) is 0 Å². The second-order valence-corrected chi connectivity index (χ2v) is 5.26. The molecule has 19 heavy (non-hydrogen) atoms. The van der Waals surface area contributed by atoms with E-state index in [-0.39, 0.29) is 5.78 Å². The first-order valence-corrected chi connectivity index (χ1v) is 6.83. The van der Waals surface area contributed by atoms with Crippen LogP contribution in [0.15, 0.2) is 22.6 Å². The van der Waals surface area contributed by atoms with Crippen LogP contribution in [-0.4, -0.2) is 23.9 Å². The summed E-state index contributed by atoms with van der Waals surface area (Å²) in [6, 6.07) is 5.52. The first kappa shape index (κ1) is 12.4. The predicted molar refractivity (Wildman–Crippen MR) is 73.3 cm³/mol. The van der Waals surface area contributed by atoms with Crippen LogP contribution >= 0.6 is 0 Å². The number of aromatic nitrogens is 1. The molecule has 100 valence electrons. The number of aryl methyl sites for hydroxylation is 1. The van der Waals surface area contributed by atoms with Crippen molar-refractivity contribution in [3.05, 3.63) is 29.7 Å². The maximum absolute atomic E-state index is 12.3. The van der Waals surface area contributed by atoms with E-state index in [1.807, 2.05) is 25.1 Å². The van der Waals surface area contributed by atoms with Gasteiger partial charge in [0.2, 0.25) is 0 Å². The van der Waals surface area contributed by atoms with Crippen LogP contribution in [0.5, 0.6) is 0 Å². The van der Waals surface area contributed by atoms with Gasteiger partial charge in [0.1, 0.15) is 5.52 Å². The molecule has 4 nitrogen and oxygen atoms in total. The molecule has 3 rings (SSSR count). The molecule has 4 heteroatoms. The Kier molecular flexibility index (Phi) is 3.34. The van der Waals surface area contributed by atoms with E-state index in [1.54, 1.807) is 0 Å². The maximum Gasteiger partial charge on any atom is 0.192 e. The molecular weight excluding hydrogens is 240 g/mol. The minimum Gasteiger partial charge on any atom is -0.441 e. The van der Waals surface area contributed by atoms with Crippen molar-refractivity contribution in [1.29, 1.82) is 0 Å². The summed E-state index contributed by atoms with van der Waals surface area (Å²) in [6.45, 7) is 3.85. The third-order valence-electron chi connectivity index (χ3n) is 3.69. The number of rotatable bonds is 3. The van der Waals surface area contributed by atoms with E-state index in [0.717, 1.165) is 37.0 Å². The number of fused-ring (bicyclic) bond motifs is 1. The Morgan fingerprint density at radius 2 is 2.42 bits per heavy atom. The van der Waals surface area contributed by atoms with Crippen LogP contribution in [0.1, 0.15) is 35.5 Å². The zero-order chi connectivity index (χ0) is 13.2. The van der Waals surface area contributed by atoms with E-state index in [1.165, 1.54) is 0 Å². The van der Waals surface area contributed by atoms with Crippen LogP contribution in [0, 0.1) is 12.8 Å². The number of nitrogens with one attached hydrogen (secondary N) is 1. The van der Waals surface area contributed by atoms with Crippen molar-refractivity contribution in [1.82, 2.24) is 10.3 Å². The van der Waals surface area contributed by atoms with Crippen molar-refractivity contribution >= 4 is 16.9 Å². The summed E-state index contributed by atoms with van der Waals surface area (Å²) in [5.41, 5.74) is 2.24. The standard InChI is InChI=1S/C15H18N2O2/c1-10-17-13-5-4-12(8-15(13)19-10)14(18)7-11-3-2-6-16-9-11/h4-5,8,11,16H,2-3,6-7,9H2,1H3. The molecule has 1 aromatic heterocycles. The molecule has 1 unspecified atom stereocenters. The highest BCUT2D eigenvalue weighted by Gasteiger charge is 2.18. The Hall–Kier alpha value is -1.68. The van der Waals surface area contributed by atoms with Gasteiger partial charge < -0.3 is 9.73 Å². The Balaban J connectivity index is 1.76. The Morgan fingerprint density at radius 3 is 3.21 bits per heavy atom. The largest absolute Gasteiger partial charge is 0.441 e. The lowest BCUT2D eigenvalue weighted by Crippen LogP contribution is -2.31. The van der Waals surface area contributed by atoms with E-state index in [2.05, 4.69) is 10.3 Å². The highest BCUT2D eigenvalue weighted by molar-refractivity contribution is 5.98. The zero-order valence-electron chi connectivity index (χ0n) is 11.1. The molecule has 2 heterocycles. The minimum atomic E-state index is 0.199. The van der Waals surface area contributed by atoms with Crippen molar-refractivity contribution in [2.45, 2.75) is 26.2 Å². The molecule has 2 aromatic rings. The van der Waals surface area contributed by atoms with E-state index < -0.39 is 0 Å². The normalized spacial score (nSPS) is 19.7. The maximum atomic E-state index is 12.3. The quantitative estimate of drug-likeness (QED) is 0.860. The average molecular weight is 258 g/mol. The minimum absolute atomic E-state index is 0.199. The molecule has 0 spiro atoms. The Bertz CT molecular complexity index is 597. The van der Waals surface area contributed by atoms with Crippen LogP contribution in [0.4, 0.5) is 0 Å². The van der Waals surface area contributed by atoms with Crippen molar-refractivity contribution in [2.75, 3.05) is 13.1 Å². The van der Waals surface area contributed by atoms with Crippen LogP contribution in [0.25, 0.3) is 11.1 Å². The molecule has 1 aliphatic heterocycles. The van der Waals surface area contributed by atoms with E-state index >= 15 is 0 Å². The average Bonchev–Trinajstić information content (AvgIpc) is 2.78. The lowest BCUT2D eigenvalue weighted by molar-refractivity contribution is 0.0954. The molecule has 1 saturated heterocycles. The lowest BCUT2D eigenvalue weighted by atomic mass is 9.92. The number of hydrogen-bond donors (Lipinski definition) is 1. The number of carbonyl (C=O) groups is 1. The van der Waals surface area contributed by atoms with E-state index in [9.17, 15) is 4.79 Å². The van der Waals surface area contributed by atoms with Crippen LogP contribution < -0.4 is 5.32 Å². The molecule has 1 N–H and O–H groups in total. The number of nitrogens with zero attached hydrogens (tertiary/aromatic N) is 1. The summed E-state index contributed by atoms with van der Waals surface area (Å²) in [5, 5.41) is 3.34. The topological polar surface area (TPSA) is 55.1 Å². The molecule has 0 saturated carbocycles. The highest BCUT2D eigenvalue weighted by Crippen LogP contribution is 2.21. The van der Waals surface area contributed by atoms with Gasteiger partial charge in [-0.25, -0.2) is 4.98 Å². The second-order valence-electron chi connectivity index (χ2n) is 5.26. The van der Waals surface area contributed by atoms with Gasteiger partial charge in [0.05, 0.1) is 0 Å². The first-order valence-electron chi connectivity index (χ1n) is 6.83. The SMILES string of the molecule is Cc1nc2ccc(C(=O)CC3CCCNC3)cc2o1. The molecule has 1 aliphatic rings. The Labute approximate surface area is 112 Å². The van der Waals surface area contributed by atoms with Gasteiger partial charge in [-0.3, -0.25) is 4.79 Å². The van der Waals surface area contributed by atoms with Gasteiger partial charge >= 0.3 is 0 Å². The molecule has 1 aromatic carbocycles. The third kappa shape index (κ3) is 2.68. The van der Waals surface area contributed by atoms with Crippen molar-refractivity contribution in [3.8, 4) is 0 Å². The molecule has 1 fully saturated rings. The summed E-state index contributed by atoms with van der Waals surface area (Å²) >= 11 is 0. The summed E-state index contributed by atoms with van der Waals surface area (Å²) < 4.78 is 5.47. The first-order chi connectivity index (χ1) is 9.22. The van der Waals surface area contributed by atoms with Gasteiger partial charge in [-0.1, -0.05) is 0 Å². The summed E-state index contributed by atoms with van der Waals surface area (Å²) in [4.78, 5) is 16.5. The highest BCUT2D eigenvalue weighted by atomic mass is 16.3. The Morgan fingerprint density at radius 1 is 1.53 bits per heavy atom. The second kappa shape index (κ2) is 5.13. The smallest absolute Gasteiger partial charge is 0.192 e. The summed E-state index contributed by atoms with van der Waals surface area (Å²) in [6.07, 6.45) is 2.92. The number of piperidine rings is 1. The number of ketones is 1. The molecule has 0 amide bonds. The fourth-order valence-electron chi connectivity index (χ4n) is 2.69.